The molecular formula is C15H14N4. The smallest absolute Gasteiger partial charge is 0.0950 e. The summed E-state index contributed by atoms with van der Waals surface area (Å²) in [4.78, 5) is 2.08. The van der Waals surface area contributed by atoms with E-state index in [-0.39, 0.29) is 0 Å². The first-order valence-electron chi connectivity index (χ1n) is 6.05. The van der Waals surface area contributed by atoms with Gasteiger partial charge < -0.3 is 10.6 Å². The second-order valence-corrected chi connectivity index (χ2v) is 4.40. The Morgan fingerprint density at radius 3 is 2.53 bits per heavy atom. The van der Waals surface area contributed by atoms with Gasteiger partial charge in [-0.25, -0.2) is 0 Å². The van der Waals surface area contributed by atoms with E-state index in [1.807, 2.05) is 55.6 Å². The molecule has 4 nitrogen and oxygen atoms in total. The second-order valence-electron chi connectivity index (χ2n) is 4.40. The van der Waals surface area contributed by atoms with Crippen molar-refractivity contribution in [2.75, 3.05) is 17.7 Å². The minimum absolute atomic E-state index is 0.759. The first-order chi connectivity index (χ1) is 9.25. The minimum Gasteiger partial charge on any atom is -0.399 e. The molecule has 0 saturated carbocycles. The lowest BCUT2D eigenvalue weighted by atomic mass is 10.2. The van der Waals surface area contributed by atoms with Gasteiger partial charge in [-0.15, -0.1) is 0 Å². The fraction of sp³-hybridized carbons (Fsp3) is 0.0667. The quantitative estimate of drug-likeness (QED) is 0.710. The van der Waals surface area contributed by atoms with E-state index in [0.29, 0.717) is 0 Å². The molecule has 19 heavy (non-hydrogen) atoms. The lowest BCUT2D eigenvalue weighted by Gasteiger charge is -2.20. The number of hydrogen-bond acceptors (Lipinski definition) is 4. The maximum absolute atomic E-state index is 5.72. The Morgan fingerprint density at radius 1 is 1.00 bits per heavy atom. The largest absolute Gasteiger partial charge is 0.399 e. The first kappa shape index (κ1) is 11.5. The van der Waals surface area contributed by atoms with Crippen molar-refractivity contribution < 1.29 is 0 Å². The van der Waals surface area contributed by atoms with E-state index in [2.05, 4.69) is 15.1 Å². The van der Waals surface area contributed by atoms with E-state index >= 15 is 0 Å². The van der Waals surface area contributed by atoms with Crippen LogP contribution in [-0.4, -0.2) is 17.2 Å². The van der Waals surface area contributed by atoms with Crippen LogP contribution in [0.5, 0.6) is 0 Å². The number of nitrogens with two attached hydrogens (primary N) is 1. The molecule has 0 amide bonds. The van der Waals surface area contributed by atoms with Crippen LogP contribution in [0.2, 0.25) is 0 Å². The summed E-state index contributed by atoms with van der Waals surface area (Å²) in [5.74, 6) is 0. The summed E-state index contributed by atoms with van der Waals surface area (Å²) in [5, 5.41) is 9.28. The molecule has 1 heterocycles. The van der Waals surface area contributed by atoms with E-state index in [0.717, 1.165) is 28.0 Å². The molecule has 0 spiro atoms. The van der Waals surface area contributed by atoms with Crippen molar-refractivity contribution in [3.8, 4) is 0 Å². The fourth-order valence-electron chi connectivity index (χ4n) is 2.10. The zero-order valence-corrected chi connectivity index (χ0v) is 10.6. The topological polar surface area (TPSA) is 55.0 Å². The lowest BCUT2D eigenvalue weighted by Crippen LogP contribution is -2.10. The predicted molar refractivity (Wildman–Crippen MR) is 78.5 cm³/mol. The molecule has 0 saturated heterocycles. The molecule has 2 N–H and O–H groups in total. The molecule has 0 atom stereocenters. The fourth-order valence-corrected chi connectivity index (χ4v) is 2.10. The molecule has 0 aliphatic rings. The molecule has 2 aromatic carbocycles. The van der Waals surface area contributed by atoms with E-state index in [1.165, 1.54) is 0 Å². The molecule has 94 valence electrons. The Hall–Kier alpha value is -2.62. The molecule has 0 unspecified atom stereocenters. The molecule has 3 aromatic rings. The third-order valence-corrected chi connectivity index (χ3v) is 3.17. The highest BCUT2D eigenvalue weighted by Gasteiger charge is 2.08. The molecule has 0 aliphatic carbocycles. The van der Waals surface area contributed by atoms with Gasteiger partial charge in [0.15, 0.2) is 0 Å². The average Bonchev–Trinajstić information content (AvgIpc) is 2.47. The summed E-state index contributed by atoms with van der Waals surface area (Å²) in [6.07, 6.45) is 1.78. The van der Waals surface area contributed by atoms with Gasteiger partial charge in [0.25, 0.3) is 0 Å². The van der Waals surface area contributed by atoms with Crippen LogP contribution in [-0.2, 0) is 0 Å². The number of benzene rings is 2. The standard InChI is InChI=1S/C15H14N4/c1-19(12-8-6-11(16)7-9-12)15-10-17-18-14-5-3-2-4-13(14)15/h2-10H,16H2,1H3. The van der Waals surface area contributed by atoms with Gasteiger partial charge in [0, 0.05) is 23.8 Å². The monoisotopic (exact) mass is 250 g/mol. The van der Waals surface area contributed by atoms with Gasteiger partial charge in [0.2, 0.25) is 0 Å². The Bertz CT molecular complexity index is 701. The summed E-state index contributed by atoms with van der Waals surface area (Å²) in [5.41, 5.74) is 9.45. The van der Waals surface area contributed by atoms with Crippen molar-refractivity contribution in [3.05, 3.63) is 54.7 Å². The molecule has 0 aliphatic heterocycles. The van der Waals surface area contributed by atoms with Crippen LogP contribution < -0.4 is 10.6 Å². The van der Waals surface area contributed by atoms with E-state index in [1.54, 1.807) is 6.20 Å². The van der Waals surface area contributed by atoms with Gasteiger partial charge in [-0.2, -0.15) is 10.2 Å². The van der Waals surface area contributed by atoms with Gasteiger partial charge in [0.1, 0.15) is 0 Å². The summed E-state index contributed by atoms with van der Waals surface area (Å²) in [7, 11) is 2.01. The van der Waals surface area contributed by atoms with E-state index in [9.17, 15) is 0 Å². The summed E-state index contributed by atoms with van der Waals surface area (Å²) >= 11 is 0. The summed E-state index contributed by atoms with van der Waals surface area (Å²) in [6.45, 7) is 0. The molecule has 4 heteroatoms. The van der Waals surface area contributed by atoms with Gasteiger partial charge in [-0.1, -0.05) is 18.2 Å². The first-order valence-corrected chi connectivity index (χ1v) is 6.05. The van der Waals surface area contributed by atoms with Crippen molar-refractivity contribution in [1.29, 1.82) is 0 Å². The van der Waals surface area contributed by atoms with Crippen LogP contribution in [0.4, 0.5) is 17.1 Å². The maximum Gasteiger partial charge on any atom is 0.0950 e. The highest BCUT2D eigenvalue weighted by Crippen LogP contribution is 2.29. The second kappa shape index (κ2) is 4.57. The third-order valence-electron chi connectivity index (χ3n) is 3.17. The Balaban J connectivity index is 2.11. The lowest BCUT2D eigenvalue weighted by molar-refractivity contribution is 1.06. The highest BCUT2D eigenvalue weighted by atomic mass is 15.2. The number of rotatable bonds is 2. The number of nitrogen functional groups attached to an aromatic ring is 1. The Kier molecular flexibility index (Phi) is 2.76. The molecular weight excluding hydrogens is 236 g/mol. The van der Waals surface area contributed by atoms with Crippen LogP contribution >= 0.6 is 0 Å². The van der Waals surface area contributed by atoms with Crippen LogP contribution in [0.3, 0.4) is 0 Å². The van der Waals surface area contributed by atoms with Crippen molar-refractivity contribution in [1.82, 2.24) is 10.2 Å². The number of hydrogen-bond donors (Lipinski definition) is 1. The van der Waals surface area contributed by atoms with Gasteiger partial charge >= 0.3 is 0 Å². The van der Waals surface area contributed by atoms with Crippen LogP contribution in [0.15, 0.2) is 54.7 Å². The number of nitrogens with zero attached hydrogens (tertiary/aromatic N) is 3. The van der Waals surface area contributed by atoms with Gasteiger partial charge in [-0.3, -0.25) is 0 Å². The Labute approximate surface area is 111 Å². The van der Waals surface area contributed by atoms with E-state index < -0.39 is 0 Å². The molecule has 1 aromatic heterocycles. The van der Waals surface area contributed by atoms with Crippen molar-refractivity contribution in [2.24, 2.45) is 0 Å². The summed E-state index contributed by atoms with van der Waals surface area (Å²) < 4.78 is 0. The highest BCUT2D eigenvalue weighted by molar-refractivity contribution is 5.92. The van der Waals surface area contributed by atoms with Crippen LogP contribution in [0.1, 0.15) is 0 Å². The number of aromatic nitrogens is 2. The Morgan fingerprint density at radius 2 is 1.74 bits per heavy atom. The minimum atomic E-state index is 0.759. The van der Waals surface area contributed by atoms with Crippen LogP contribution in [0, 0.1) is 0 Å². The molecule has 0 bridgehead atoms. The number of anilines is 3. The molecule has 0 radical (unpaired) electrons. The summed E-state index contributed by atoms with van der Waals surface area (Å²) in [6, 6.07) is 15.7. The zero-order chi connectivity index (χ0) is 13.2. The average molecular weight is 250 g/mol. The number of fused-ring (bicyclic) bond motifs is 1. The third kappa shape index (κ3) is 2.08. The predicted octanol–water partition coefficient (Wildman–Crippen LogP) is 2.98. The van der Waals surface area contributed by atoms with Crippen LogP contribution in [0.25, 0.3) is 10.9 Å². The van der Waals surface area contributed by atoms with Crippen molar-refractivity contribution in [3.63, 3.8) is 0 Å². The molecule has 0 fully saturated rings. The van der Waals surface area contributed by atoms with E-state index in [4.69, 9.17) is 5.73 Å². The van der Waals surface area contributed by atoms with Crippen molar-refractivity contribution in [2.45, 2.75) is 0 Å². The SMILES string of the molecule is CN(c1ccc(N)cc1)c1cnnc2ccccc12. The maximum atomic E-state index is 5.72. The zero-order valence-electron chi connectivity index (χ0n) is 10.6. The van der Waals surface area contributed by atoms with Gasteiger partial charge in [0.05, 0.1) is 17.4 Å². The van der Waals surface area contributed by atoms with Gasteiger partial charge in [-0.05, 0) is 30.3 Å². The van der Waals surface area contributed by atoms with Crippen molar-refractivity contribution >= 4 is 28.0 Å². The molecule has 3 rings (SSSR count). The normalized spacial score (nSPS) is 10.6.